The molecule has 1 N–H and O–H groups in total. The number of hydroxylamine groups is 1. The van der Waals surface area contributed by atoms with Gasteiger partial charge < -0.3 is 14.0 Å². The molecule has 1 aromatic carbocycles. The maximum Gasteiger partial charge on any atom is 0.487 e. The number of amides is 1. The number of hydrogen-bond acceptors (Lipinski definition) is 5. The Morgan fingerprint density at radius 2 is 1.75 bits per heavy atom. The molecule has 24 heavy (non-hydrogen) atoms. The molecule has 2 rings (SSSR count). The minimum absolute atomic E-state index is 0.346. The van der Waals surface area contributed by atoms with E-state index in [0.717, 1.165) is 5.56 Å². The second kappa shape index (κ2) is 6.97. The third-order valence-corrected chi connectivity index (χ3v) is 4.34. The van der Waals surface area contributed by atoms with Crippen molar-refractivity contribution in [2.24, 2.45) is 0 Å². The van der Waals surface area contributed by atoms with Crippen LogP contribution in [0.2, 0.25) is 0 Å². The van der Waals surface area contributed by atoms with E-state index in [1.165, 1.54) is 7.11 Å². The maximum absolute atomic E-state index is 11.9. The third kappa shape index (κ3) is 3.98. The average molecular weight is 333 g/mol. The van der Waals surface area contributed by atoms with Crippen molar-refractivity contribution in [2.75, 3.05) is 14.2 Å². The standard InChI is InChI=1S/C17H24BNO5/c1-16(2)17(3,4)24-18(23-16)8-7-12-9-13(15(20)19-22-6)11-14(10-12)21-5/h7-11H,1-6H3,(H,19,20)/b8-7+. The van der Waals surface area contributed by atoms with E-state index in [2.05, 4.69) is 10.3 Å². The second-order valence-corrected chi connectivity index (χ2v) is 6.61. The van der Waals surface area contributed by atoms with Crippen molar-refractivity contribution in [1.29, 1.82) is 0 Å². The molecule has 0 atom stereocenters. The number of benzene rings is 1. The van der Waals surface area contributed by atoms with Crippen molar-refractivity contribution in [3.05, 3.63) is 35.3 Å². The molecule has 1 aliphatic heterocycles. The fraction of sp³-hybridized carbons (Fsp3) is 0.471. The van der Waals surface area contributed by atoms with Crippen LogP contribution in [0.5, 0.6) is 5.75 Å². The fourth-order valence-electron chi connectivity index (χ4n) is 2.28. The SMILES string of the molecule is CONC(=O)c1cc(/C=C/B2OC(C)(C)C(C)(C)O2)cc(OC)c1. The van der Waals surface area contributed by atoms with Gasteiger partial charge in [0.2, 0.25) is 0 Å². The van der Waals surface area contributed by atoms with Gasteiger partial charge in [0.05, 0.1) is 25.4 Å². The van der Waals surface area contributed by atoms with Gasteiger partial charge in [0, 0.05) is 5.56 Å². The number of carbonyl (C=O) groups excluding carboxylic acids is 1. The number of methoxy groups -OCH3 is 1. The van der Waals surface area contributed by atoms with Gasteiger partial charge >= 0.3 is 7.12 Å². The molecule has 130 valence electrons. The first-order valence-corrected chi connectivity index (χ1v) is 7.75. The molecule has 6 nitrogen and oxygen atoms in total. The molecule has 1 saturated heterocycles. The van der Waals surface area contributed by atoms with Crippen LogP contribution in [0.25, 0.3) is 6.08 Å². The topological polar surface area (TPSA) is 66.0 Å². The summed E-state index contributed by atoms with van der Waals surface area (Å²) in [5.41, 5.74) is 2.74. The van der Waals surface area contributed by atoms with Gasteiger partial charge in [0.1, 0.15) is 5.75 Å². The lowest BCUT2D eigenvalue weighted by molar-refractivity contribution is 0.00578. The lowest BCUT2D eigenvalue weighted by atomic mass is 9.89. The predicted molar refractivity (Wildman–Crippen MR) is 92.6 cm³/mol. The van der Waals surface area contributed by atoms with Crippen LogP contribution < -0.4 is 10.2 Å². The molecule has 0 aliphatic carbocycles. The van der Waals surface area contributed by atoms with Gasteiger partial charge in [-0.3, -0.25) is 9.63 Å². The summed E-state index contributed by atoms with van der Waals surface area (Å²) in [6, 6.07) is 5.20. The van der Waals surface area contributed by atoms with Crippen LogP contribution in [0, 0.1) is 0 Å². The van der Waals surface area contributed by atoms with E-state index in [4.69, 9.17) is 14.0 Å². The summed E-state index contributed by atoms with van der Waals surface area (Å²) in [7, 11) is 2.49. The fourth-order valence-corrected chi connectivity index (χ4v) is 2.28. The molecule has 0 bridgehead atoms. The van der Waals surface area contributed by atoms with E-state index in [1.807, 2.05) is 45.8 Å². The molecule has 7 heteroatoms. The van der Waals surface area contributed by atoms with E-state index in [1.54, 1.807) is 19.2 Å². The van der Waals surface area contributed by atoms with Crippen molar-refractivity contribution < 1.29 is 23.7 Å². The van der Waals surface area contributed by atoms with Gasteiger partial charge in [-0.2, -0.15) is 0 Å². The van der Waals surface area contributed by atoms with Gasteiger partial charge in [0.15, 0.2) is 0 Å². The number of nitrogens with one attached hydrogen (secondary N) is 1. The minimum atomic E-state index is -0.447. The summed E-state index contributed by atoms with van der Waals surface area (Å²) >= 11 is 0. The van der Waals surface area contributed by atoms with Gasteiger partial charge in [-0.05, 0) is 51.5 Å². The number of ether oxygens (including phenoxy) is 1. The monoisotopic (exact) mass is 333 g/mol. The first kappa shape index (κ1) is 18.5. The Morgan fingerprint density at radius 3 is 2.29 bits per heavy atom. The molecule has 0 unspecified atom stereocenters. The molecule has 0 aromatic heterocycles. The van der Waals surface area contributed by atoms with Crippen LogP contribution in [-0.4, -0.2) is 38.4 Å². The highest BCUT2D eigenvalue weighted by atomic mass is 16.7. The average Bonchev–Trinajstić information content (AvgIpc) is 2.72. The highest BCUT2D eigenvalue weighted by molar-refractivity contribution is 6.52. The number of carbonyl (C=O) groups is 1. The van der Waals surface area contributed by atoms with Gasteiger partial charge in [-0.15, -0.1) is 0 Å². The van der Waals surface area contributed by atoms with Crippen LogP contribution in [0.4, 0.5) is 0 Å². The zero-order valence-corrected chi connectivity index (χ0v) is 15.0. The van der Waals surface area contributed by atoms with Crippen molar-refractivity contribution in [3.8, 4) is 5.75 Å². The zero-order chi connectivity index (χ0) is 18.0. The first-order chi connectivity index (χ1) is 11.2. The smallest absolute Gasteiger partial charge is 0.487 e. The summed E-state index contributed by atoms with van der Waals surface area (Å²) in [6.07, 6.45) is 1.84. The molecule has 0 radical (unpaired) electrons. The summed E-state index contributed by atoms with van der Waals surface area (Å²) in [6.45, 7) is 8.00. The maximum atomic E-state index is 11.9. The molecule has 0 spiro atoms. The van der Waals surface area contributed by atoms with E-state index in [0.29, 0.717) is 11.3 Å². The predicted octanol–water partition coefficient (Wildman–Crippen LogP) is 2.63. The van der Waals surface area contributed by atoms with Crippen molar-refractivity contribution in [3.63, 3.8) is 0 Å². The molecular formula is C17H24BNO5. The van der Waals surface area contributed by atoms with E-state index in [9.17, 15) is 4.79 Å². The molecule has 1 fully saturated rings. The van der Waals surface area contributed by atoms with Crippen LogP contribution >= 0.6 is 0 Å². The second-order valence-electron chi connectivity index (χ2n) is 6.61. The van der Waals surface area contributed by atoms with Crippen LogP contribution in [-0.2, 0) is 14.1 Å². The normalized spacial score (nSPS) is 18.8. The quantitative estimate of drug-likeness (QED) is 0.663. The molecule has 0 saturated carbocycles. The van der Waals surface area contributed by atoms with Crippen LogP contribution in [0.15, 0.2) is 24.2 Å². The largest absolute Gasteiger partial charge is 0.497 e. The third-order valence-electron chi connectivity index (χ3n) is 4.34. The van der Waals surface area contributed by atoms with Crippen molar-refractivity contribution in [1.82, 2.24) is 5.48 Å². The Hall–Kier alpha value is -1.83. The first-order valence-electron chi connectivity index (χ1n) is 7.75. The zero-order valence-electron chi connectivity index (χ0n) is 15.0. The molecule has 1 aromatic rings. The highest BCUT2D eigenvalue weighted by Crippen LogP contribution is 2.37. The van der Waals surface area contributed by atoms with Crippen molar-refractivity contribution in [2.45, 2.75) is 38.9 Å². The van der Waals surface area contributed by atoms with Gasteiger partial charge in [-0.1, -0.05) is 12.1 Å². The summed E-state index contributed by atoms with van der Waals surface area (Å²) in [5, 5.41) is 0. The van der Waals surface area contributed by atoms with E-state index in [-0.39, 0.29) is 17.1 Å². The van der Waals surface area contributed by atoms with Crippen LogP contribution in [0.1, 0.15) is 43.6 Å². The highest BCUT2D eigenvalue weighted by Gasteiger charge is 2.49. The minimum Gasteiger partial charge on any atom is -0.497 e. The number of rotatable bonds is 5. The molecule has 1 amide bonds. The Kier molecular flexibility index (Phi) is 5.37. The molecule has 1 heterocycles. The van der Waals surface area contributed by atoms with Crippen LogP contribution in [0.3, 0.4) is 0 Å². The Labute approximate surface area is 143 Å². The van der Waals surface area contributed by atoms with Gasteiger partial charge in [-0.25, -0.2) is 5.48 Å². The lowest BCUT2D eigenvalue weighted by Gasteiger charge is -2.32. The van der Waals surface area contributed by atoms with Crippen molar-refractivity contribution >= 4 is 19.1 Å². The number of hydrogen-bond donors (Lipinski definition) is 1. The Balaban J connectivity index is 2.20. The molecular weight excluding hydrogens is 309 g/mol. The summed E-state index contributed by atoms with van der Waals surface area (Å²) in [5.74, 6) is 2.05. The van der Waals surface area contributed by atoms with Gasteiger partial charge in [0.25, 0.3) is 5.91 Å². The van der Waals surface area contributed by atoms with E-state index >= 15 is 0 Å². The Bertz CT molecular complexity index is 626. The lowest BCUT2D eigenvalue weighted by Crippen LogP contribution is -2.41. The molecule has 1 aliphatic rings. The Morgan fingerprint density at radius 1 is 1.12 bits per heavy atom. The summed E-state index contributed by atoms with van der Waals surface area (Å²) in [4.78, 5) is 16.6. The van der Waals surface area contributed by atoms with E-state index < -0.39 is 7.12 Å². The summed E-state index contributed by atoms with van der Waals surface area (Å²) < 4.78 is 17.1.